The summed E-state index contributed by atoms with van der Waals surface area (Å²) in [6.45, 7) is 1.98. The lowest BCUT2D eigenvalue weighted by Crippen LogP contribution is -2.06. The van der Waals surface area contributed by atoms with Gasteiger partial charge in [0.25, 0.3) is 0 Å². The lowest BCUT2D eigenvalue weighted by atomic mass is 10.3. The zero-order chi connectivity index (χ0) is 15.4. The van der Waals surface area contributed by atoms with Crippen LogP contribution < -0.4 is 11.1 Å². The molecule has 3 aromatic rings. The minimum atomic E-state index is 0.208. The highest BCUT2D eigenvalue weighted by atomic mass is 32.2. The Morgan fingerprint density at radius 3 is 2.68 bits per heavy atom. The largest absolute Gasteiger partial charge is 0.368 e. The number of thiazole rings is 1. The molecule has 0 spiro atoms. The van der Waals surface area contributed by atoms with Gasteiger partial charge in [-0.15, -0.1) is 11.3 Å². The summed E-state index contributed by atoms with van der Waals surface area (Å²) in [6.07, 6.45) is 0. The molecule has 0 fully saturated rings. The number of aryl methyl sites for hydroxylation is 1. The van der Waals surface area contributed by atoms with Gasteiger partial charge in [0.1, 0.15) is 5.82 Å². The molecule has 0 bridgehead atoms. The molecule has 6 nitrogen and oxygen atoms in total. The van der Waals surface area contributed by atoms with E-state index in [0.717, 1.165) is 15.7 Å². The molecular weight excluding hydrogens is 316 g/mol. The second-order valence-electron chi connectivity index (χ2n) is 4.47. The van der Waals surface area contributed by atoms with Crippen molar-refractivity contribution in [2.24, 2.45) is 0 Å². The van der Waals surface area contributed by atoms with Crippen molar-refractivity contribution in [3.63, 3.8) is 0 Å². The van der Waals surface area contributed by atoms with Crippen LogP contribution in [-0.2, 0) is 5.75 Å². The third-order valence-corrected chi connectivity index (χ3v) is 4.79. The van der Waals surface area contributed by atoms with Crippen molar-refractivity contribution in [2.75, 3.05) is 11.1 Å². The number of nitrogens with two attached hydrogens (primary N) is 1. The van der Waals surface area contributed by atoms with Crippen molar-refractivity contribution < 1.29 is 0 Å². The van der Waals surface area contributed by atoms with Crippen LogP contribution in [0.4, 0.5) is 17.6 Å². The molecule has 0 aliphatic carbocycles. The van der Waals surface area contributed by atoms with Gasteiger partial charge >= 0.3 is 0 Å². The Morgan fingerprint density at radius 2 is 1.95 bits per heavy atom. The monoisotopic (exact) mass is 330 g/mol. The first kappa shape index (κ1) is 14.7. The summed E-state index contributed by atoms with van der Waals surface area (Å²) in [5.74, 6) is 1.89. The molecule has 0 unspecified atom stereocenters. The summed E-state index contributed by atoms with van der Waals surface area (Å²) in [4.78, 5) is 17.1. The van der Waals surface area contributed by atoms with Crippen LogP contribution in [0.3, 0.4) is 0 Å². The molecule has 0 aliphatic rings. The molecule has 112 valence electrons. The van der Waals surface area contributed by atoms with Crippen LogP contribution in [0.25, 0.3) is 0 Å². The highest BCUT2D eigenvalue weighted by Gasteiger charge is 2.07. The SMILES string of the molecule is Cc1csc(SCc2nc(N)nc(Nc3ccccc3)n2)n1. The van der Waals surface area contributed by atoms with Crippen LogP contribution in [0.5, 0.6) is 0 Å². The lowest BCUT2D eigenvalue weighted by Gasteiger charge is -2.06. The van der Waals surface area contributed by atoms with Crippen molar-refractivity contribution in [1.82, 2.24) is 19.9 Å². The van der Waals surface area contributed by atoms with Crippen LogP contribution in [-0.4, -0.2) is 19.9 Å². The Hall–Kier alpha value is -2.19. The van der Waals surface area contributed by atoms with Gasteiger partial charge in [0.05, 0.1) is 5.75 Å². The van der Waals surface area contributed by atoms with Gasteiger partial charge in [-0.3, -0.25) is 0 Å². The van der Waals surface area contributed by atoms with E-state index in [2.05, 4.69) is 25.3 Å². The summed E-state index contributed by atoms with van der Waals surface area (Å²) >= 11 is 3.20. The second kappa shape index (κ2) is 6.71. The molecule has 0 saturated carbocycles. The Balaban J connectivity index is 1.72. The van der Waals surface area contributed by atoms with Crippen molar-refractivity contribution in [3.8, 4) is 0 Å². The number of rotatable bonds is 5. The van der Waals surface area contributed by atoms with E-state index in [9.17, 15) is 0 Å². The predicted molar refractivity (Wildman–Crippen MR) is 90.4 cm³/mol. The van der Waals surface area contributed by atoms with Gasteiger partial charge in [0.15, 0.2) is 4.34 Å². The van der Waals surface area contributed by atoms with Gasteiger partial charge in [-0.2, -0.15) is 15.0 Å². The second-order valence-corrected chi connectivity index (χ2v) is 6.55. The predicted octanol–water partition coefficient (Wildman–Crippen LogP) is 3.25. The number of thioether (sulfide) groups is 1. The smallest absolute Gasteiger partial charge is 0.232 e. The van der Waals surface area contributed by atoms with E-state index < -0.39 is 0 Å². The first-order valence-electron chi connectivity index (χ1n) is 6.56. The molecule has 0 amide bonds. The fraction of sp³-hybridized carbons (Fsp3) is 0.143. The normalized spacial score (nSPS) is 10.6. The minimum absolute atomic E-state index is 0.208. The Morgan fingerprint density at radius 1 is 1.14 bits per heavy atom. The maximum Gasteiger partial charge on any atom is 0.232 e. The topological polar surface area (TPSA) is 89.6 Å². The van der Waals surface area contributed by atoms with Crippen LogP contribution in [0.1, 0.15) is 11.5 Å². The molecule has 2 aromatic heterocycles. The van der Waals surface area contributed by atoms with Crippen LogP contribution in [0.15, 0.2) is 40.1 Å². The summed E-state index contributed by atoms with van der Waals surface area (Å²) in [5.41, 5.74) is 7.69. The third-order valence-electron chi connectivity index (χ3n) is 2.65. The summed E-state index contributed by atoms with van der Waals surface area (Å²) in [6, 6.07) is 9.70. The number of nitrogen functional groups attached to an aromatic ring is 1. The van der Waals surface area contributed by atoms with Crippen molar-refractivity contribution >= 4 is 40.7 Å². The fourth-order valence-electron chi connectivity index (χ4n) is 1.73. The number of para-hydroxylation sites is 1. The molecule has 3 rings (SSSR count). The van der Waals surface area contributed by atoms with Crippen LogP contribution >= 0.6 is 23.1 Å². The van der Waals surface area contributed by atoms with Gasteiger partial charge < -0.3 is 11.1 Å². The molecule has 0 saturated heterocycles. The molecule has 0 aliphatic heterocycles. The standard InChI is InChI=1S/C14H14N6S2/c1-9-7-21-14(16-9)22-8-11-18-12(15)20-13(19-11)17-10-5-3-2-4-6-10/h2-7H,8H2,1H3,(H3,15,17,18,19,20). The maximum absolute atomic E-state index is 5.76. The van der Waals surface area contributed by atoms with E-state index >= 15 is 0 Å². The molecule has 2 heterocycles. The number of anilines is 3. The van der Waals surface area contributed by atoms with Gasteiger partial charge in [0, 0.05) is 16.8 Å². The quantitative estimate of drug-likeness (QED) is 0.694. The number of benzene rings is 1. The zero-order valence-corrected chi connectivity index (χ0v) is 13.5. The Bertz CT molecular complexity index is 759. The van der Waals surface area contributed by atoms with Crippen molar-refractivity contribution in [1.29, 1.82) is 0 Å². The van der Waals surface area contributed by atoms with Crippen molar-refractivity contribution in [3.05, 3.63) is 47.2 Å². The van der Waals surface area contributed by atoms with Crippen LogP contribution in [0, 0.1) is 6.92 Å². The maximum atomic E-state index is 5.76. The van der Waals surface area contributed by atoms with E-state index in [0.29, 0.717) is 17.5 Å². The zero-order valence-electron chi connectivity index (χ0n) is 11.9. The highest BCUT2D eigenvalue weighted by molar-refractivity contribution is 8.00. The Kier molecular flexibility index (Phi) is 4.50. The molecule has 0 radical (unpaired) electrons. The van der Waals surface area contributed by atoms with E-state index in [4.69, 9.17) is 5.73 Å². The number of nitrogens with zero attached hydrogens (tertiary/aromatic N) is 4. The van der Waals surface area contributed by atoms with Crippen LogP contribution in [0.2, 0.25) is 0 Å². The van der Waals surface area contributed by atoms with Gasteiger partial charge in [-0.05, 0) is 19.1 Å². The Labute approximate surface area is 136 Å². The van der Waals surface area contributed by atoms with E-state index in [1.54, 1.807) is 23.1 Å². The first-order valence-corrected chi connectivity index (χ1v) is 8.43. The molecule has 3 N–H and O–H groups in total. The minimum Gasteiger partial charge on any atom is -0.368 e. The summed E-state index contributed by atoms with van der Waals surface area (Å²) in [5, 5.41) is 5.14. The average Bonchev–Trinajstić information content (AvgIpc) is 2.91. The number of aromatic nitrogens is 4. The van der Waals surface area contributed by atoms with Crippen molar-refractivity contribution in [2.45, 2.75) is 17.0 Å². The molecule has 22 heavy (non-hydrogen) atoms. The molecule has 8 heteroatoms. The number of hydrogen-bond donors (Lipinski definition) is 2. The molecular formula is C14H14N6S2. The third kappa shape index (κ3) is 3.92. The van der Waals surface area contributed by atoms with E-state index in [1.807, 2.05) is 42.6 Å². The molecule has 0 atom stereocenters. The summed E-state index contributed by atoms with van der Waals surface area (Å²) < 4.78 is 0.994. The average molecular weight is 330 g/mol. The lowest BCUT2D eigenvalue weighted by molar-refractivity contribution is 0.981. The van der Waals surface area contributed by atoms with Gasteiger partial charge in [-0.1, -0.05) is 30.0 Å². The fourth-order valence-corrected chi connectivity index (χ4v) is 3.44. The van der Waals surface area contributed by atoms with E-state index in [-0.39, 0.29) is 5.95 Å². The molecule has 1 aromatic carbocycles. The number of hydrogen-bond acceptors (Lipinski definition) is 8. The van der Waals surface area contributed by atoms with Gasteiger partial charge in [0.2, 0.25) is 11.9 Å². The highest BCUT2D eigenvalue weighted by Crippen LogP contribution is 2.25. The number of nitrogens with one attached hydrogen (secondary N) is 1. The first-order chi connectivity index (χ1) is 10.7. The van der Waals surface area contributed by atoms with Gasteiger partial charge in [-0.25, -0.2) is 4.98 Å². The summed E-state index contributed by atoms with van der Waals surface area (Å²) in [7, 11) is 0. The van der Waals surface area contributed by atoms with E-state index in [1.165, 1.54) is 0 Å².